The molecule has 0 heterocycles. The molecule has 0 aromatic rings. The van der Waals surface area contributed by atoms with Crippen LogP contribution in [0.1, 0.15) is 129 Å². The second-order valence-corrected chi connectivity index (χ2v) is 12.4. The Morgan fingerprint density at radius 3 is 1.53 bits per heavy atom. The molecule has 0 bridgehead atoms. The maximum absolute atomic E-state index is 12.5. The molecule has 0 rings (SSSR count). The summed E-state index contributed by atoms with van der Waals surface area (Å²) in [5, 5.41) is 0. The third kappa shape index (κ3) is 18.3. The van der Waals surface area contributed by atoms with Gasteiger partial charge in [-0.1, -0.05) is 116 Å². The maximum atomic E-state index is 12.5. The van der Waals surface area contributed by atoms with Gasteiger partial charge in [-0.15, -0.1) is 0 Å². The minimum Gasteiger partial charge on any atom is -0.320 e. The van der Waals surface area contributed by atoms with Gasteiger partial charge in [-0.05, 0) is 19.3 Å². The van der Waals surface area contributed by atoms with E-state index in [2.05, 4.69) is 19.1 Å². The molecule has 2 atom stereocenters. The van der Waals surface area contributed by atoms with Gasteiger partial charge >= 0.3 is 7.60 Å². The van der Waals surface area contributed by atoms with E-state index in [1.165, 1.54) is 96.3 Å². The molecule has 0 amide bonds. The number of allylic oxidation sites excluding steroid dienone is 1. The molecular weight excluding hydrogens is 417 g/mol. The van der Waals surface area contributed by atoms with Crippen LogP contribution in [0.25, 0.3) is 0 Å². The van der Waals surface area contributed by atoms with Crippen LogP contribution in [-0.2, 0) is 9.09 Å². The zero-order valence-corrected chi connectivity index (χ0v) is 23.2. The Morgan fingerprint density at radius 1 is 0.719 bits per heavy atom. The molecule has 0 aromatic heterocycles. The van der Waals surface area contributed by atoms with Crippen molar-refractivity contribution in [2.75, 3.05) is 27.7 Å². The molecule has 2 unspecified atom stereocenters. The fourth-order valence-corrected chi connectivity index (χ4v) is 6.30. The summed E-state index contributed by atoms with van der Waals surface area (Å²) < 4.78 is 18.3. The zero-order valence-electron chi connectivity index (χ0n) is 22.3. The van der Waals surface area contributed by atoms with Gasteiger partial charge in [-0.3, -0.25) is 4.57 Å². The van der Waals surface area contributed by atoms with Gasteiger partial charge in [0.25, 0.3) is 0 Å². The highest BCUT2D eigenvalue weighted by atomic mass is 31.2. The number of unbranched alkanes of at least 4 members (excludes halogenated alkanes) is 15. The van der Waals surface area contributed by atoms with Gasteiger partial charge in [-0.25, -0.2) is 0 Å². The van der Waals surface area contributed by atoms with E-state index < -0.39 is 7.60 Å². The molecule has 4 nitrogen and oxygen atoms in total. The van der Waals surface area contributed by atoms with E-state index in [4.69, 9.17) is 4.52 Å². The number of rotatable bonds is 23. The van der Waals surface area contributed by atoms with Crippen LogP contribution in [0.15, 0.2) is 12.2 Å². The van der Waals surface area contributed by atoms with Crippen molar-refractivity contribution < 1.29 is 18.5 Å². The predicted octanol–water partition coefficient (Wildman–Crippen LogP) is 8.84. The lowest BCUT2D eigenvalue weighted by molar-refractivity contribution is -0.883. The third-order valence-corrected chi connectivity index (χ3v) is 8.70. The monoisotopic (exact) mass is 474 g/mol. The SMILES string of the molecule is CCCCCCCCCCCCCCCCC/C=C\CCOP(=O)(O)C(CC)[N+](C)(C)C. The smallest absolute Gasteiger partial charge is 0.320 e. The molecule has 0 saturated carbocycles. The molecule has 0 aliphatic carbocycles. The number of quaternary nitrogens is 1. The van der Waals surface area contributed by atoms with Gasteiger partial charge < -0.3 is 13.9 Å². The van der Waals surface area contributed by atoms with Gasteiger partial charge in [0.05, 0.1) is 27.7 Å². The molecule has 0 spiro atoms. The number of hydrogen-bond acceptors (Lipinski definition) is 2. The molecule has 0 fully saturated rings. The highest BCUT2D eigenvalue weighted by Crippen LogP contribution is 2.51. The van der Waals surface area contributed by atoms with Crippen molar-refractivity contribution in [3.05, 3.63) is 12.2 Å². The summed E-state index contributed by atoms with van der Waals surface area (Å²) in [5.74, 6) is -0.369. The predicted molar refractivity (Wildman–Crippen MR) is 141 cm³/mol. The van der Waals surface area contributed by atoms with Crippen LogP contribution < -0.4 is 0 Å². The van der Waals surface area contributed by atoms with Crippen LogP contribution in [0.3, 0.4) is 0 Å². The molecule has 0 aliphatic rings. The van der Waals surface area contributed by atoms with E-state index in [-0.39, 0.29) is 5.78 Å². The van der Waals surface area contributed by atoms with Crippen LogP contribution >= 0.6 is 7.60 Å². The van der Waals surface area contributed by atoms with Crippen LogP contribution in [-0.4, -0.2) is 42.9 Å². The van der Waals surface area contributed by atoms with Crippen molar-refractivity contribution >= 4 is 7.60 Å². The molecule has 192 valence electrons. The molecule has 5 heteroatoms. The summed E-state index contributed by atoms with van der Waals surface area (Å²) >= 11 is 0. The fourth-order valence-electron chi connectivity index (χ4n) is 4.42. The third-order valence-electron chi connectivity index (χ3n) is 6.34. The van der Waals surface area contributed by atoms with Crippen molar-refractivity contribution in [1.29, 1.82) is 0 Å². The first-order valence-corrected chi connectivity index (χ1v) is 15.3. The molecule has 1 N–H and O–H groups in total. The van der Waals surface area contributed by atoms with Crippen molar-refractivity contribution in [2.45, 2.75) is 135 Å². The van der Waals surface area contributed by atoms with Crippen molar-refractivity contribution in [3.63, 3.8) is 0 Å². The van der Waals surface area contributed by atoms with Crippen LogP contribution in [0.2, 0.25) is 0 Å². The van der Waals surface area contributed by atoms with Crippen molar-refractivity contribution in [1.82, 2.24) is 0 Å². The summed E-state index contributed by atoms with van der Waals surface area (Å²) in [6.45, 7) is 4.54. The second-order valence-electron chi connectivity index (χ2n) is 10.4. The summed E-state index contributed by atoms with van der Waals surface area (Å²) in [6.07, 6.45) is 27.7. The van der Waals surface area contributed by atoms with Crippen LogP contribution in [0.5, 0.6) is 0 Å². The lowest BCUT2D eigenvalue weighted by Crippen LogP contribution is -2.44. The quantitative estimate of drug-likeness (QED) is 0.0696. The molecule has 0 aromatic carbocycles. The standard InChI is InChI=1S/C27H56NO3P/c1-6-8-9-10-11-12-13-14-15-16-17-18-19-20-21-22-23-24-25-26-31-32(29,30)27(7-2)28(3,4)5/h23-24,27H,6-22,25-26H2,1-5H3/p+1/b24-23-. The topological polar surface area (TPSA) is 46.5 Å². The highest BCUT2D eigenvalue weighted by Gasteiger charge is 2.41. The van der Waals surface area contributed by atoms with Crippen LogP contribution in [0.4, 0.5) is 0 Å². The van der Waals surface area contributed by atoms with Gasteiger partial charge in [0.15, 0.2) is 5.78 Å². The Morgan fingerprint density at radius 2 is 1.12 bits per heavy atom. The van der Waals surface area contributed by atoms with Gasteiger partial charge in [-0.2, -0.15) is 0 Å². The highest BCUT2D eigenvalue weighted by molar-refractivity contribution is 7.53. The minimum atomic E-state index is -3.58. The lowest BCUT2D eigenvalue weighted by Gasteiger charge is -2.35. The van der Waals surface area contributed by atoms with Crippen molar-refractivity contribution in [2.24, 2.45) is 0 Å². The second kappa shape index (κ2) is 20.2. The molecule has 32 heavy (non-hydrogen) atoms. The first-order valence-electron chi connectivity index (χ1n) is 13.7. The Balaban J connectivity index is 3.47. The Hall–Kier alpha value is -0.150. The molecule has 0 saturated heterocycles. The van der Waals surface area contributed by atoms with E-state index in [1.54, 1.807) is 0 Å². The zero-order chi connectivity index (χ0) is 24.1. The summed E-state index contributed by atoms with van der Waals surface area (Å²) in [7, 11) is 2.25. The Bertz CT molecular complexity index is 488. The van der Waals surface area contributed by atoms with Gasteiger partial charge in [0, 0.05) is 6.42 Å². The Kier molecular flexibility index (Phi) is 20.1. The normalized spacial score (nSPS) is 15.3. The Labute approximate surface area is 201 Å². The number of nitrogens with zero attached hydrogens (tertiary/aromatic N) is 1. The lowest BCUT2D eigenvalue weighted by atomic mass is 10.0. The van der Waals surface area contributed by atoms with E-state index in [0.717, 1.165) is 6.42 Å². The summed E-state index contributed by atoms with van der Waals surface area (Å²) in [6, 6.07) is 0. The molecular formula is C27H57NO3P+. The molecule has 0 radical (unpaired) electrons. The van der Waals surface area contributed by atoms with Crippen molar-refractivity contribution in [3.8, 4) is 0 Å². The summed E-state index contributed by atoms with van der Waals surface area (Å²) in [5.41, 5.74) is 0. The molecule has 0 aliphatic heterocycles. The van der Waals surface area contributed by atoms with E-state index in [0.29, 0.717) is 23.9 Å². The van der Waals surface area contributed by atoms with E-state index in [1.807, 2.05) is 28.1 Å². The first kappa shape index (κ1) is 31.9. The average molecular weight is 475 g/mol. The number of hydrogen-bond donors (Lipinski definition) is 1. The minimum absolute atomic E-state index is 0.319. The van der Waals surface area contributed by atoms with Crippen LogP contribution in [0, 0.1) is 0 Å². The summed E-state index contributed by atoms with van der Waals surface area (Å²) in [4.78, 5) is 10.3. The van der Waals surface area contributed by atoms with Gasteiger partial charge in [0.1, 0.15) is 0 Å². The first-order chi connectivity index (χ1) is 15.3. The maximum Gasteiger partial charge on any atom is 0.385 e. The van der Waals surface area contributed by atoms with Gasteiger partial charge in [0.2, 0.25) is 0 Å². The van der Waals surface area contributed by atoms with E-state index >= 15 is 0 Å². The van der Waals surface area contributed by atoms with E-state index in [9.17, 15) is 9.46 Å². The largest absolute Gasteiger partial charge is 0.385 e. The fraction of sp³-hybridized carbons (Fsp3) is 0.926. The average Bonchev–Trinajstić information content (AvgIpc) is 2.71.